The average molecular weight is 272 g/mol. The van der Waals surface area contributed by atoms with Crippen LogP contribution in [-0.4, -0.2) is 22.0 Å². The molecule has 20 heavy (non-hydrogen) atoms. The summed E-state index contributed by atoms with van der Waals surface area (Å²) in [6.07, 6.45) is 2.95. The van der Waals surface area contributed by atoms with Crippen LogP contribution in [0.15, 0.2) is 30.7 Å². The Kier molecular flexibility index (Phi) is 4.13. The van der Waals surface area contributed by atoms with E-state index >= 15 is 0 Å². The zero-order valence-corrected chi connectivity index (χ0v) is 10.9. The minimum absolute atomic E-state index is 0.165. The Morgan fingerprint density at radius 2 is 2.35 bits per heavy atom. The number of nitrogens with one attached hydrogen (secondary N) is 1. The smallest absolute Gasteiger partial charge is 0.273 e. The molecule has 0 saturated carbocycles. The van der Waals surface area contributed by atoms with Gasteiger partial charge in [0.05, 0.1) is 24.6 Å². The van der Waals surface area contributed by atoms with E-state index in [1.54, 1.807) is 17.7 Å². The highest BCUT2D eigenvalue weighted by atomic mass is 19.1. The number of rotatable bonds is 2. The average Bonchev–Trinajstić information content (AvgIpc) is 2.84. The van der Waals surface area contributed by atoms with Gasteiger partial charge in [-0.05, 0) is 18.2 Å². The summed E-state index contributed by atoms with van der Waals surface area (Å²) < 4.78 is 15.3. The molecule has 0 radical (unpaired) electrons. The van der Waals surface area contributed by atoms with Crippen LogP contribution in [0.3, 0.4) is 0 Å². The molecule has 1 amide bonds. The van der Waals surface area contributed by atoms with E-state index in [2.05, 4.69) is 22.1 Å². The van der Waals surface area contributed by atoms with Gasteiger partial charge < -0.3 is 15.6 Å². The molecule has 3 N–H and O–H groups in total. The highest BCUT2D eigenvalue weighted by Gasteiger charge is 2.10. The number of benzene rings is 1. The van der Waals surface area contributed by atoms with Crippen LogP contribution in [-0.2, 0) is 7.05 Å². The number of anilines is 1. The second kappa shape index (κ2) is 5.99. The van der Waals surface area contributed by atoms with Gasteiger partial charge in [0.2, 0.25) is 0 Å². The first-order valence-corrected chi connectivity index (χ1v) is 5.88. The van der Waals surface area contributed by atoms with Gasteiger partial charge in [0.15, 0.2) is 0 Å². The van der Waals surface area contributed by atoms with E-state index in [0.717, 1.165) is 0 Å². The normalized spacial score (nSPS) is 9.75. The van der Waals surface area contributed by atoms with Crippen molar-refractivity contribution in [3.8, 4) is 11.8 Å². The van der Waals surface area contributed by atoms with E-state index in [9.17, 15) is 9.18 Å². The fourth-order valence-corrected chi connectivity index (χ4v) is 1.61. The van der Waals surface area contributed by atoms with Gasteiger partial charge in [-0.15, -0.1) is 0 Å². The molecule has 1 aromatic heterocycles. The van der Waals surface area contributed by atoms with Crippen molar-refractivity contribution >= 4 is 11.6 Å². The third-order valence-corrected chi connectivity index (χ3v) is 2.60. The van der Waals surface area contributed by atoms with Gasteiger partial charge in [-0.3, -0.25) is 4.79 Å². The van der Waals surface area contributed by atoms with E-state index < -0.39 is 5.82 Å². The van der Waals surface area contributed by atoms with Gasteiger partial charge >= 0.3 is 0 Å². The van der Waals surface area contributed by atoms with Crippen LogP contribution in [0.25, 0.3) is 0 Å². The Labute approximate surface area is 115 Å². The van der Waals surface area contributed by atoms with Crippen molar-refractivity contribution in [1.82, 2.24) is 9.55 Å². The number of amides is 1. The lowest BCUT2D eigenvalue weighted by atomic mass is 10.2. The third-order valence-electron chi connectivity index (χ3n) is 2.60. The molecule has 0 unspecified atom stereocenters. The standard InChI is InChI=1S/C14H13FN4O/c1-19-9-17-8-13(19)14(20)18-11-5-4-10(3-2-6-16)12(15)7-11/h4-5,7-9H,6,16H2,1H3,(H,18,20). The molecule has 6 heteroatoms. The van der Waals surface area contributed by atoms with Crippen LogP contribution in [0.2, 0.25) is 0 Å². The van der Waals surface area contributed by atoms with Crippen LogP contribution in [0.1, 0.15) is 16.1 Å². The summed E-state index contributed by atoms with van der Waals surface area (Å²) in [5.74, 6) is 4.33. The number of aromatic nitrogens is 2. The molecule has 5 nitrogen and oxygen atoms in total. The Morgan fingerprint density at radius 3 is 2.95 bits per heavy atom. The van der Waals surface area contributed by atoms with E-state index in [1.165, 1.54) is 24.7 Å². The van der Waals surface area contributed by atoms with Crippen LogP contribution in [0.4, 0.5) is 10.1 Å². The van der Waals surface area contributed by atoms with Crippen LogP contribution < -0.4 is 11.1 Å². The molecule has 102 valence electrons. The number of halogens is 1. The van der Waals surface area contributed by atoms with Gasteiger partial charge in [0.25, 0.3) is 5.91 Å². The maximum atomic E-state index is 13.7. The zero-order chi connectivity index (χ0) is 14.5. The van der Waals surface area contributed by atoms with Crippen LogP contribution in [0.5, 0.6) is 0 Å². The van der Waals surface area contributed by atoms with E-state index in [-0.39, 0.29) is 18.0 Å². The van der Waals surface area contributed by atoms with Crippen molar-refractivity contribution in [3.63, 3.8) is 0 Å². The number of hydrogen-bond acceptors (Lipinski definition) is 3. The lowest BCUT2D eigenvalue weighted by Crippen LogP contribution is -2.15. The van der Waals surface area contributed by atoms with Gasteiger partial charge in [-0.25, -0.2) is 9.37 Å². The molecule has 0 saturated heterocycles. The summed E-state index contributed by atoms with van der Waals surface area (Å²) in [4.78, 5) is 15.8. The molecule has 0 atom stereocenters. The number of carbonyl (C=O) groups excluding carboxylic acids is 1. The number of carbonyl (C=O) groups is 1. The number of nitrogens with two attached hydrogens (primary N) is 1. The Morgan fingerprint density at radius 1 is 1.55 bits per heavy atom. The van der Waals surface area contributed by atoms with E-state index in [1.807, 2.05) is 0 Å². The first-order valence-electron chi connectivity index (χ1n) is 5.88. The highest BCUT2D eigenvalue weighted by molar-refractivity contribution is 6.02. The fraction of sp³-hybridized carbons (Fsp3) is 0.143. The molecule has 0 fully saturated rings. The monoisotopic (exact) mass is 272 g/mol. The zero-order valence-electron chi connectivity index (χ0n) is 10.9. The van der Waals surface area contributed by atoms with Crippen molar-refractivity contribution in [1.29, 1.82) is 0 Å². The maximum absolute atomic E-state index is 13.7. The van der Waals surface area contributed by atoms with Crippen molar-refractivity contribution in [3.05, 3.63) is 47.8 Å². The quantitative estimate of drug-likeness (QED) is 0.805. The van der Waals surface area contributed by atoms with Crippen molar-refractivity contribution in [2.24, 2.45) is 12.8 Å². The Balaban J connectivity index is 2.17. The number of imidazole rings is 1. The maximum Gasteiger partial charge on any atom is 0.273 e. The molecular formula is C14H13FN4O. The van der Waals surface area contributed by atoms with Crippen molar-refractivity contribution < 1.29 is 9.18 Å². The van der Waals surface area contributed by atoms with Gasteiger partial charge in [-0.2, -0.15) is 0 Å². The summed E-state index contributed by atoms with van der Waals surface area (Å²) >= 11 is 0. The summed E-state index contributed by atoms with van der Waals surface area (Å²) in [6.45, 7) is 0.165. The molecule has 1 aromatic carbocycles. The van der Waals surface area contributed by atoms with E-state index in [4.69, 9.17) is 5.73 Å². The fourth-order valence-electron chi connectivity index (χ4n) is 1.61. The second-order valence-electron chi connectivity index (χ2n) is 4.04. The Hall–Kier alpha value is -2.65. The predicted octanol–water partition coefficient (Wildman–Crippen LogP) is 1.12. The van der Waals surface area contributed by atoms with Crippen molar-refractivity contribution in [2.45, 2.75) is 0 Å². The van der Waals surface area contributed by atoms with Gasteiger partial charge in [0, 0.05) is 12.7 Å². The highest BCUT2D eigenvalue weighted by Crippen LogP contribution is 2.14. The first kappa shape index (κ1) is 13.8. The second-order valence-corrected chi connectivity index (χ2v) is 4.04. The largest absolute Gasteiger partial charge is 0.330 e. The molecular weight excluding hydrogens is 259 g/mol. The minimum Gasteiger partial charge on any atom is -0.330 e. The van der Waals surface area contributed by atoms with Gasteiger partial charge in [-0.1, -0.05) is 11.8 Å². The topological polar surface area (TPSA) is 72.9 Å². The summed E-state index contributed by atoms with van der Waals surface area (Å²) in [5, 5.41) is 2.60. The van der Waals surface area contributed by atoms with Crippen molar-refractivity contribution in [2.75, 3.05) is 11.9 Å². The summed E-state index contributed by atoms with van der Waals surface area (Å²) in [6, 6.07) is 4.30. The van der Waals surface area contributed by atoms with E-state index in [0.29, 0.717) is 11.4 Å². The number of nitrogens with zero attached hydrogens (tertiary/aromatic N) is 2. The minimum atomic E-state index is -0.506. The number of hydrogen-bond donors (Lipinski definition) is 2. The van der Waals surface area contributed by atoms with Crippen LogP contribution >= 0.6 is 0 Å². The third kappa shape index (κ3) is 3.02. The Bertz CT molecular complexity index is 697. The first-order chi connectivity index (χ1) is 9.61. The van der Waals surface area contributed by atoms with Crippen LogP contribution in [0, 0.1) is 17.7 Å². The predicted molar refractivity (Wildman–Crippen MR) is 73.5 cm³/mol. The number of aryl methyl sites for hydroxylation is 1. The lowest BCUT2D eigenvalue weighted by Gasteiger charge is -2.06. The summed E-state index contributed by atoms with van der Waals surface area (Å²) in [7, 11) is 1.70. The van der Waals surface area contributed by atoms with Gasteiger partial charge in [0.1, 0.15) is 11.5 Å². The SMILES string of the molecule is Cn1cncc1C(=O)Nc1ccc(C#CCN)c(F)c1. The molecule has 1 heterocycles. The molecule has 2 rings (SSSR count). The molecule has 0 spiro atoms. The lowest BCUT2D eigenvalue weighted by molar-refractivity contribution is 0.101. The molecule has 0 aliphatic rings. The summed E-state index contributed by atoms with van der Waals surface area (Å²) in [5.41, 5.74) is 6.21. The molecule has 0 aliphatic heterocycles. The molecule has 2 aromatic rings. The molecule has 0 bridgehead atoms. The molecule has 0 aliphatic carbocycles.